The van der Waals surface area contributed by atoms with E-state index >= 15 is 0 Å². The molecule has 0 saturated carbocycles. The van der Waals surface area contributed by atoms with Crippen LogP contribution in [-0.4, -0.2) is 33.8 Å². The van der Waals surface area contributed by atoms with Gasteiger partial charge in [0.25, 0.3) is 0 Å². The monoisotopic (exact) mass is 261 g/mol. The molecule has 2 amide bonds. The number of rotatable bonds is 4. The molecule has 1 fully saturated rings. The number of benzene rings is 1. The lowest BCUT2D eigenvalue weighted by Gasteiger charge is -2.22. The van der Waals surface area contributed by atoms with Crippen molar-refractivity contribution >= 4 is 17.8 Å². The fourth-order valence-electron chi connectivity index (χ4n) is 2.26. The topological polar surface area (TPSA) is 74.7 Å². The van der Waals surface area contributed by atoms with Gasteiger partial charge in [-0.25, -0.2) is 4.79 Å². The van der Waals surface area contributed by atoms with E-state index in [9.17, 15) is 19.5 Å². The summed E-state index contributed by atoms with van der Waals surface area (Å²) in [6.07, 6.45) is 0.234. The van der Waals surface area contributed by atoms with Crippen LogP contribution in [0.25, 0.3) is 0 Å². The number of likely N-dealkylation sites (tertiary alicyclic amines) is 1. The van der Waals surface area contributed by atoms with E-state index in [-0.39, 0.29) is 12.8 Å². The van der Waals surface area contributed by atoms with Crippen LogP contribution < -0.4 is 0 Å². The molecule has 2 atom stereocenters. The molecule has 0 aromatic heterocycles. The van der Waals surface area contributed by atoms with Gasteiger partial charge in [-0.15, -0.1) is 0 Å². The van der Waals surface area contributed by atoms with Crippen LogP contribution in [0, 0.1) is 5.92 Å². The van der Waals surface area contributed by atoms with Gasteiger partial charge in [0.15, 0.2) is 0 Å². The maximum Gasteiger partial charge on any atom is 0.327 e. The molecule has 5 heteroatoms. The predicted octanol–water partition coefficient (Wildman–Crippen LogP) is 1.08. The van der Waals surface area contributed by atoms with Crippen LogP contribution in [-0.2, 0) is 20.8 Å². The Kier molecular flexibility index (Phi) is 3.64. The molecule has 5 nitrogen and oxygen atoms in total. The molecule has 2 rings (SSSR count). The van der Waals surface area contributed by atoms with Crippen LogP contribution in [0.15, 0.2) is 30.3 Å². The van der Waals surface area contributed by atoms with Gasteiger partial charge in [0.1, 0.15) is 6.04 Å². The van der Waals surface area contributed by atoms with Crippen molar-refractivity contribution in [2.75, 3.05) is 0 Å². The van der Waals surface area contributed by atoms with E-state index in [0.29, 0.717) is 0 Å². The Morgan fingerprint density at radius 3 is 2.47 bits per heavy atom. The minimum absolute atomic E-state index is 0.0946. The molecule has 1 aromatic rings. The molecule has 0 aliphatic carbocycles. The van der Waals surface area contributed by atoms with E-state index in [4.69, 9.17) is 0 Å². The largest absolute Gasteiger partial charge is 0.480 e. The maximum absolute atomic E-state index is 11.9. The molecule has 19 heavy (non-hydrogen) atoms. The van der Waals surface area contributed by atoms with Gasteiger partial charge in [0.05, 0.1) is 0 Å². The van der Waals surface area contributed by atoms with E-state index in [1.54, 1.807) is 31.2 Å². The lowest BCUT2D eigenvalue weighted by molar-refractivity contribution is -0.154. The smallest absolute Gasteiger partial charge is 0.327 e. The van der Waals surface area contributed by atoms with E-state index in [0.717, 1.165) is 10.5 Å². The molecule has 1 aromatic carbocycles. The summed E-state index contributed by atoms with van der Waals surface area (Å²) in [7, 11) is 0. The van der Waals surface area contributed by atoms with Crippen LogP contribution in [0.2, 0.25) is 0 Å². The first kappa shape index (κ1) is 13.3. The number of hydrogen-bond donors (Lipinski definition) is 1. The van der Waals surface area contributed by atoms with Gasteiger partial charge in [-0.05, 0) is 5.56 Å². The summed E-state index contributed by atoms with van der Waals surface area (Å²) in [4.78, 5) is 35.9. The highest BCUT2D eigenvalue weighted by atomic mass is 16.4. The van der Waals surface area contributed by atoms with Crippen molar-refractivity contribution in [3.05, 3.63) is 35.9 Å². The average Bonchev–Trinajstić information content (AvgIpc) is 2.62. The molecule has 1 heterocycles. The van der Waals surface area contributed by atoms with Gasteiger partial charge in [-0.2, -0.15) is 0 Å². The van der Waals surface area contributed by atoms with Crippen LogP contribution in [0.3, 0.4) is 0 Å². The van der Waals surface area contributed by atoms with E-state index in [2.05, 4.69) is 0 Å². The van der Waals surface area contributed by atoms with Crippen LogP contribution >= 0.6 is 0 Å². The number of carbonyl (C=O) groups excluding carboxylic acids is 2. The van der Waals surface area contributed by atoms with Crippen molar-refractivity contribution < 1.29 is 19.5 Å². The molecule has 100 valence electrons. The normalized spacial score (nSPS) is 20.7. The molecule has 0 radical (unpaired) electrons. The Balaban J connectivity index is 2.24. The fraction of sp³-hybridized carbons (Fsp3) is 0.357. The first-order valence-electron chi connectivity index (χ1n) is 6.13. The number of amides is 2. The summed E-state index contributed by atoms with van der Waals surface area (Å²) in [5.74, 6) is -2.38. The Hall–Kier alpha value is -2.17. The average molecular weight is 261 g/mol. The molecule has 2 unspecified atom stereocenters. The predicted molar refractivity (Wildman–Crippen MR) is 67.2 cm³/mol. The number of carboxylic acids is 1. The molecule has 0 bridgehead atoms. The first-order chi connectivity index (χ1) is 9.00. The summed E-state index contributed by atoms with van der Waals surface area (Å²) in [6.45, 7) is 1.64. The summed E-state index contributed by atoms with van der Waals surface area (Å²) in [5, 5.41) is 9.27. The van der Waals surface area contributed by atoms with Crippen molar-refractivity contribution in [1.82, 2.24) is 4.90 Å². The Morgan fingerprint density at radius 1 is 1.37 bits per heavy atom. The molecule has 1 saturated heterocycles. The van der Waals surface area contributed by atoms with Gasteiger partial charge in [-0.1, -0.05) is 37.3 Å². The number of aliphatic carboxylic acids is 1. The number of nitrogens with zero attached hydrogens (tertiary/aromatic N) is 1. The quantitative estimate of drug-likeness (QED) is 0.823. The van der Waals surface area contributed by atoms with Crippen molar-refractivity contribution in [3.63, 3.8) is 0 Å². The van der Waals surface area contributed by atoms with Crippen LogP contribution in [0.1, 0.15) is 18.9 Å². The lowest BCUT2D eigenvalue weighted by Crippen LogP contribution is -2.46. The highest BCUT2D eigenvalue weighted by Crippen LogP contribution is 2.23. The van der Waals surface area contributed by atoms with Gasteiger partial charge in [-0.3, -0.25) is 14.5 Å². The zero-order valence-corrected chi connectivity index (χ0v) is 10.6. The number of carboxylic acid groups (broad SMARTS) is 1. The summed E-state index contributed by atoms with van der Waals surface area (Å²) < 4.78 is 0. The second-order valence-electron chi connectivity index (χ2n) is 4.75. The van der Waals surface area contributed by atoms with Crippen molar-refractivity contribution in [1.29, 1.82) is 0 Å². The molecule has 1 N–H and O–H groups in total. The third kappa shape index (κ3) is 2.65. The Bertz CT molecular complexity index is 511. The summed E-state index contributed by atoms with van der Waals surface area (Å²) in [6, 6.07) is 7.87. The van der Waals surface area contributed by atoms with E-state index in [1.807, 2.05) is 6.07 Å². The summed E-state index contributed by atoms with van der Waals surface area (Å²) >= 11 is 0. The maximum atomic E-state index is 11.9. The summed E-state index contributed by atoms with van der Waals surface area (Å²) in [5.41, 5.74) is 0.787. The first-order valence-corrected chi connectivity index (χ1v) is 6.13. The molecular formula is C14H15NO4. The van der Waals surface area contributed by atoms with Crippen molar-refractivity contribution in [2.45, 2.75) is 25.8 Å². The second kappa shape index (κ2) is 5.22. The van der Waals surface area contributed by atoms with Gasteiger partial charge in [0.2, 0.25) is 11.8 Å². The standard InChI is InChI=1S/C14H15NO4/c1-9-7-12(16)15(13(9)17)11(14(18)19)8-10-5-3-2-4-6-10/h2-6,9,11H,7-8H2,1H3,(H,18,19). The Labute approximate surface area is 110 Å². The molecule has 1 aliphatic heterocycles. The van der Waals surface area contributed by atoms with Gasteiger partial charge < -0.3 is 5.11 Å². The minimum Gasteiger partial charge on any atom is -0.480 e. The van der Waals surface area contributed by atoms with Crippen molar-refractivity contribution in [3.8, 4) is 0 Å². The van der Waals surface area contributed by atoms with E-state index < -0.39 is 29.7 Å². The third-order valence-corrected chi connectivity index (χ3v) is 3.28. The highest BCUT2D eigenvalue weighted by Gasteiger charge is 2.42. The second-order valence-corrected chi connectivity index (χ2v) is 4.75. The van der Waals surface area contributed by atoms with Gasteiger partial charge >= 0.3 is 5.97 Å². The van der Waals surface area contributed by atoms with Gasteiger partial charge in [0, 0.05) is 18.8 Å². The number of imide groups is 1. The molecule has 1 aliphatic rings. The van der Waals surface area contributed by atoms with Crippen LogP contribution in [0.4, 0.5) is 0 Å². The Morgan fingerprint density at radius 2 is 2.00 bits per heavy atom. The zero-order valence-electron chi connectivity index (χ0n) is 10.6. The minimum atomic E-state index is -1.15. The zero-order chi connectivity index (χ0) is 14.0. The molecular weight excluding hydrogens is 246 g/mol. The van der Waals surface area contributed by atoms with E-state index in [1.165, 1.54) is 0 Å². The fourth-order valence-corrected chi connectivity index (χ4v) is 2.26. The van der Waals surface area contributed by atoms with Crippen molar-refractivity contribution in [2.24, 2.45) is 5.92 Å². The number of carbonyl (C=O) groups is 3. The van der Waals surface area contributed by atoms with Crippen LogP contribution in [0.5, 0.6) is 0 Å². The third-order valence-electron chi connectivity index (χ3n) is 3.28. The SMILES string of the molecule is CC1CC(=O)N(C(Cc2ccccc2)C(=O)O)C1=O. The molecule has 0 spiro atoms. The number of hydrogen-bond acceptors (Lipinski definition) is 3. The highest BCUT2D eigenvalue weighted by molar-refractivity contribution is 6.06. The lowest BCUT2D eigenvalue weighted by atomic mass is 10.0.